The fourth-order valence-electron chi connectivity index (χ4n) is 5.61. The van der Waals surface area contributed by atoms with Gasteiger partial charge in [-0.05, 0) is 67.5 Å². The highest BCUT2D eigenvalue weighted by atomic mass is 32.1. The molecule has 82 valence electrons. The number of isothiocyanates is 1. The van der Waals surface area contributed by atoms with E-state index in [1.807, 2.05) is 0 Å². The summed E-state index contributed by atoms with van der Waals surface area (Å²) in [4.78, 5) is 4.57. The van der Waals surface area contributed by atoms with E-state index in [1.54, 1.807) is 0 Å². The molecule has 0 aromatic carbocycles. The van der Waals surface area contributed by atoms with Crippen LogP contribution in [0.3, 0.4) is 0 Å². The van der Waals surface area contributed by atoms with Crippen LogP contribution in [0, 0.1) is 16.7 Å². The molecule has 0 heterocycles. The fraction of sp³-hybridized carbons (Fsp3) is 0.923. The van der Waals surface area contributed by atoms with Gasteiger partial charge in [0.1, 0.15) is 0 Å². The van der Waals surface area contributed by atoms with E-state index in [4.69, 9.17) is 12.2 Å². The van der Waals surface area contributed by atoms with Gasteiger partial charge in [0, 0.05) is 0 Å². The maximum atomic E-state index is 4.84. The van der Waals surface area contributed by atoms with Gasteiger partial charge >= 0.3 is 0 Å². The summed E-state index contributed by atoms with van der Waals surface area (Å²) >= 11 is 4.84. The first kappa shape index (κ1) is 9.99. The molecule has 4 saturated carbocycles. The molecular formula is C13H19NS. The lowest BCUT2D eigenvalue weighted by Gasteiger charge is -2.63. The molecule has 4 fully saturated rings. The monoisotopic (exact) mass is 221 g/mol. The Labute approximate surface area is 97.4 Å². The minimum Gasteiger partial charge on any atom is -0.226 e. The van der Waals surface area contributed by atoms with Gasteiger partial charge in [-0.2, -0.15) is 0 Å². The fourth-order valence-corrected chi connectivity index (χ4v) is 5.80. The number of aliphatic imine (C=N–C) groups is 1. The van der Waals surface area contributed by atoms with Gasteiger partial charge in [-0.25, -0.2) is 4.99 Å². The standard InChI is InChI=1S/C13H19NS/c1-11-3-10-4-12(2,6-11)8-13(5-10,7-11)14-9-15/h10H,3-8H2,1-2H3/t10?,11-,12-,13?/m1/s1. The summed E-state index contributed by atoms with van der Waals surface area (Å²) in [5, 5.41) is 2.67. The second kappa shape index (κ2) is 2.73. The Morgan fingerprint density at radius 3 is 2.13 bits per heavy atom. The zero-order chi connectivity index (χ0) is 10.7. The number of hydrogen-bond acceptors (Lipinski definition) is 2. The van der Waals surface area contributed by atoms with Gasteiger partial charge in [0.2, 0.25) is 0 Å². The molecule has 4 aliphatic carbocycles. The van der Waals surface area contributed by atoms with E-state index in [1.165, 1.54) is 38.5 Å². The van der Waals surface area contributed by atoms with Crippen LogP contribution >= 0.6 is 12.2 Å². The van der Waals surface area contributed by atoms with Crippen molar-refractivity contribution < 1.29 is 0 Å². The minimum atomic E-state index is 0.185. The van der Waals surface area contributed by atoms with Crippen LogP contribution in [0.2, 0.25) is 0 Å². The molecule has 2 heteroatoms. The van der Waals surface area contributed by atoms with E-state index >= 15 is 0 Å². The number of rotatable bonds is 1. The Kier molecular flexibility index (Phi) is 1.81. The SMILES string of the molecule is C[C@]12CC3CC(N=C=S)(C1)C[C@](C)(C3)C2. The molecule has 4 aliphatic rings. The summed E-state index contributed by atoms with van der Waals surface area (Å²) in [6.07, 6.45) is 8.06. The maximum absolute atomic E-state index is 4.84. The van der Waals surface area contributed by atoms with Crippen LogP contribution in [-0.2, 0) is 0 Å². The predicted molar refractivity (Wildman–Crippen MR) is 65.2 cm³/mol. The first-order valence-corrected chi connectivity index (χ1v) is 6.47. The Bertz CT molecular complexity index is 338. The highest BCUT2D eigenvalue weighted by Gasteiger charge is 2.60. The summed E-state index contributed by atoms with van der Waals surface area (Å²) in [5.41, 5.74) is 1.28. The molecule has 4 bridgehead atoms. The van der Waals surface area contributed by atoms with Crippen LogP contribution in [0.1, 0.15) is 52.4 Å². The lowest BCUT2D eigenvalue weighted by Crippen LogP contribution is -2.57. The van der Waals surface area contributed by atoms with E-state index < -0.39 is 0 Å². The molecule has 0 radical (unpaired) electrons. The van der Waals surface area contributed by atoms with Crippen LogP contribution in [0.25, 0.3) is 0 Å². The van der Waals surface area contributed by atoms with Gasteiger partial charge in [0.25, 0.3) is 0 Å². The van der Waals surface area contributed by atoms with Crippen LogP contribution in [0.4, 0.5) is 0 Å². The van der Waals surface area contributed by atoms with Crippen molar-refractivity contribution in [1.29, 1.82) is 0 Å². The summed E-state index contributed by atoms with van der Waals surface area (Å²) in [7, 11) is 0. The Balaban J connectivity index is 2.05. The topological polar surface area (TPSA) is 12.4 Å². The summed E-state index contributed by atoms with van der Waals surface area (Å²) in [5.74, 6) is 0.906. The molecule has 0 aliphatic heterocycles. The van der Waals surface area contributed by atoms with Gasteiger partial charge in [-0.15, -0.1) is 0 Å². The van der Waals surface area contributed by atoms with Crippen molar-refractivity contribution >= 4 is 17.4 Å². The lowest BCUT2D eigenvalue weighted by molar-refractivity contribution is -0.103. The molecule has 0 saturated heterocycles. The summed E-state index contributed by atoms with van der Waals surface area (Å²) in [6, 6.07) is 0. The van der Waals surface area contributed by atoms with Crippen LogP contribution < -0.4 is 0 Å². The summed E-state index contributed by atoms with van der Waals surface area (Å²) in [6.45, 7) is 4.92. The third-order valence-corrected chi connectivity index (χ3v) is 4.97. The Morgan fingerprint density at radius 2 is 1.67 bits per heavy atom. The van der Waals surface area contributed by atoms with Crippen LogP contribution in [0.5, 0.6) is 0 Å². The highest BCUT2D eigenvalue weighted by Crippen LogP contribution is 2.67. The van der Waals surface area contributed by atoms with Gasteiger partial charge < -0.3 is 0 Å². The molecule has 0 unspecified atom stereocenters. The van der Waals surface area contributed by atoms with E-state index in [9.17, 15) is 0 Å². The third-order valence-electron chi connectivity index (χ3n) is 4.88. The predicted octanol–water partition coefficient (Wildman–Crippen LogP) is 3.84. The van der Waals surface area contributed by atoms with Crippen LogP contribution in [0.15, 0.2) is 4.99 Å². The Morgan fingerprint density at radius 1 is 1.07 bits per heavy atom. The van der Waals surface area contributed by atoms with Gasteiger partial charge in [-0.3, -0.25) is 0 Å². The number of thiocarbonyl (C=S) groups is 1. The largest absolute Gasteiger partial charge is 0.226 e. The molecule has 0 aromatic rings. The minimum absolute atomic E-state index is 0.185. The van der Waals surface area contributed by atoms with Gasteiger partial charge in [0.05, 0.1) is 10.7 Å². The van der Waals surface area contributed by atoms with Crippen molar-refractivity contribution in [3.63, 3.8) is 0 Å². The molecule has 2 atom stereocenters. The lowest BCUT2D eigenvalue weighted by atomic mass is 9.43. The van der Waals surface area contributed by atoms with Gasteiger partial charge in [0.15, 0.2) is 0 Å². The molecule has 1 nitrogen and oxygen atoms in total. The molecule has 0 amide bonds. The molecule has 4 rings (SSSR count). The van der Waals surface area contributed by atoms with E-state index in [2.05, 4.69) is 24.0 Å². The van der Waals surface area contributed by atoms with E-state index in [0.717, 1.165) is 5.92 Å². The molecule has 0 spiro atoms. The average Bonchev–Trinajstić information content (AvgIpc) is 1.94. The third kappa shape index (κ3) is 1.42. The van der Waals surface area contributed by atoms with Crippen molar-refractivity contribution in [3.05, 3.63) is 0 Å². The van der Waals surface area contributed by atoms with Crippen molar-refractivity contribution in [2.45, 2.75) is 57.9 Å². The van der Waals surface area contributed by atoms with Crippen molar-refractivity contribution in [3.8, 4) is 0 Å². The van der Waals surface area contributed by atoms with Crippen LogP contribution in [-0.4, -0.2) is 10.7 Å². The van der Waals surface area contributed by atoms with Crippen molar-refractivity contribution in [1.82, 2.24) is 0 Å². The summed E-state index contributed by atoms with van der Waals surface area (Å²) < 4.78 is 0. The molecule has 0 N–H and O–H groups in total. The smallest absolute Gasteiger partial charge is 0.0724 e. The van der Waals surface area contributed by atoms with E-state index in [-0.39, 0.29) is 5.54 Å². The molecular weight excluding hydrogens is 202 g/mol. The second-order valence-corrected chi connectivity index (χ2v) is 7.24. The zero-order valence-electron chi connectivity index (χ0n) is 9.68. The van der Waals surface area contributed by atoms with Crippen molar-refractivity contribution in [2.24, 2.45) is 21.7 Å². The van der Waals surface area contributed by atoms with Crippen molar-refractivity contribution in [2.75, 3.05) is 0 Å². The second-order valence-electron chi connectivity index (χ2n) is 7.06. The molecule has 15 heavy (non-hydrogen) atoms. The molecule has 0 aromatic heterocycles. The first-order valence-electron chi connectivity index (χ1n) is 6.06. The van der Waals surface area contributed by atoms with Gasteiger partial charge in [-0.1, -0.05) is 13.8 Å². The highest BCUT2D eigenvalue weighted by molar-refractivity contribution is 7.78. The normalized spacial score (nSPS) is 56.5. The number of hydrogen-bond donors (Lipinski definition) is 0. The zero-order valence-corrected chi connectivity index (χ0v) is 10.5. The maximum Gasteiger partial charge on any atom is 0.0724 e. The Hall–Kier alpha value is -0.200. The number of nitrogens with zero attached hydrogens (tertiary/aromatic N) is 1. The first-order chi connectivity index (χ1) is 6.97. The van der Waals surface area contributed by atoms with E-state index in [0.29, 0.717) is 10.8 Å². The quantitative estimate of drug-likeness (QED) is 0.484. The average molecular weight is 221 g/mol.